The van der Waals surface area contributed by atoms with Crippen LogP contribution in [0.5, 0.6) is 0 Å². The topological polar surface area (TPSA) is 41.8 Å². The van der Waals surface area contributed by atoms with Crippen LogP contribution in [0.1, 0.15) is 5.56 Å². The molecule has 2 heteroatoms. The van der Waals surface area contributed by atoms with Crippen LogP contribution in [-0.2, 0) is 6.54 Å². The Morgan fingerprint density at radius 3 is 3.18 bits per heavy atom. The van der Waals surface area contributed by atoms with E-state index in [9.17, 15) is 0 Å². The van der Waals surface area contributed by atoms with Crippen LogP contribution in [0.25, 0.3) is 10.9 Å². The molecule has 2 nitrogen and oxygen atoms in total. The van der Waals surface area contributed by atoms with E-state index in [1.807, 2.05) is 24.3 Å². The van der Waals surface area contributed by atoms with Gasteiger partial charge in [0.2, 0.25) is 0 Å². The molecule has 0 saturated heterocycles. The van der Waals surface area contributed by atoms with Crippen molar-refractivity contribution in [1.29, 1.82) is 0 Å². The molecule has 55 valence electrons. The van der Waals surface area contributed by atoms with Gasteiger partial charge in [0.05, 0.1) is 6.20 Å². The molecular weight excluding hydrogens is 136 g/mol. The van der Waals surface area contributed by atoms with Crippen molar-refractivity contribution in [2.75, 3.05) is 0 Å². The SMILES string of the molecule is NCc1ccc2c[c][nH]c2c1. The molecule has 0 fully saturated rings. The molecule has 0 amide bonds. The van der Waals surface area contributed by atoms with Crippen LogP contribution >= 0.6 is 0 Å². The minimum atomic E-state index is 0.592. The summed E-state index contributed by atoms with van der Waals surface area (Å²) in [5, 5.41) is 1.18. The lowest BCUT2D eigenvalue weighted by atomic mass is 10.2. The van der Waals surface area contributed by atoms with E-state index in [4.69, 9.17) is 5.73 Å². The van der Waals surface area contributed by atoms with E-state index in [0.717, 1.165) is 11.1 Å². The van der Waals surface area contributed by atoms with Crippen LogP contribution in [0, 0.1) is 6.20 Å². The normalized spacial score (nSPS) is 10.6. The zero-order valence-electron chi connectivity index (χ0n) is 6.09. The number of H-pyrrole nitrogens is 1. The number of benzene rings is 1. The molecule has 0 aliphatic rings. The van der Waals surface area contributed by atoms with Crippen LogP contribution in [0.4, 0.5) is 0 Å². The first kappa shape index (κ1) is 6.43. The summed E-state index contributed by atoms with van der Waals surface area (Å²) in [6.45, 7) is 0.592. The summed E-state index contributed by atoms with van der Waals surface area (Å²) >= 11 is 0. The molecule has 3 N–H and O–H groups in total. The summed E-state index contributed by atoms with van der Waals surface area (Å²) in [4.78, 5) is 3.01. The molecule has 1 aromatic carbocycles. The van der Waals surface area contributed by atoms with Gasteiger partial charge in [0.1, 0.15) is 0 Å². The maximum atomic E-state index is 5.49. The highest BCUT2D eigenvalue weighted by Crippen LogP contribution is 2.12. The van der Waals surface area contributed by atoms with E-state index in [-0.39, 0.29) is 0 Å². The lowest BCUT2D eigenvalue weighted by molar-refractivity contribution is 1.07. The van der Waals surface area contributed by atoms with E-state index in [1.165, 1.54) is 5.39 Å². The first-order valence-corrected chi connectivity index (χ1v) is 3.58. The van der Waals surface area contributed by atoms with Crippen molar-refractivity contribution < 1.29 is 0 Å². The van der Waals surface area contributed by atoms with Crippen molar-refractivity contribution in [1.82, 2.24) is 4.98 Å². The quantitative estimate of drug-likeness (QED) is 0.626. The van der Waals surface area contributed by atoms with Crippen LogP contribution in [-0.4, -0.2) is 4.98 Å². The molecule has 0 spiro atoms. The van der Waals surface area contributed by atoms with E-state index < -0.39 is 0 Å². The summed E-state index contributed by atoms with van der Waals surface area (Å²) in [7, 11) is 0. The van der Waals surface area contributed by atoms with Crippen molar-refractivity contribution in [3.05, 3.63) is 36.0 Å². The van der Waals surface area contributed by atoms with Crippen molar-refractivity contribution in [2.45, 2.75) is 6.54 Å². The van der Waals surface area contributed by atoms with Gasteiger partial charge in [-0.25, -0.2) is 0 Å². The number of nitrogens with two attached hydrogens (primary N) is 1. The van der Waals surface area contributed by atoms with Gasteiger partial charge in [0.25, 0.3) is 0 Å². The fourth-order valence-electron chi connectivity index (χ4n) is 1.16. The molecule has 11 heavy (non-hydrogen) atoms. The van der Waals surface area contributed by atoms with Gasteiger partial charge < -0.3 is 10.7 Å². The van der Waals surface area contributed by atoms with Gasteiger partial charge in [-0.15, -0.1) is 0 Å². The Labute approximate surface area is 65.0 Å². The Morgan fingerprint density at radius 2 is 2.36 bits per heavy atom. The fourth-order valence-corrected chi connectivity index (χ4v) is 1.16. The number of aromatic nitrogens is 1. The van der Waals surface area contributed by atoms with Crippen molar-refractivity contribution in [2.24, 2.45) is 5.73 Å². The van der Waals surface area contributed by atoms with Crippen LogP contribution in [0.2, 0.25) is 0 Å². The smallest absolute Gasteiger partial charge is 0.0630 e. The molecule has 1 radical (unpaired) electrons. The minimum absolute atomic E-state index is 0.592. The number of hydrogen-bond donors (Lipinski definition) is 2. The lowest BCUT2D eigenvalue weighted by Crippen LogP contribution is -1.94. The maximum Gasteiger partial charge on any atom is 0.0630 e. The van der Waals surface area contributed by atoms with Crippen LogP contribution in [0.3, 0.4) is 0 Å². The number of fused-ring (bicyclic) bond motifs is 1. The molecule has 0 aliphatic heterocycles. The zero-order chi connectivity index (χ0) is 7.68. The van der Waals surface area contributed by atoms with Gasteiger partial charge in [-0.2, -0.15) is 0 Å². The molecule has 1 aromatic heterocycles. The standard InChI is InChI=1S/C9H9N2/c10-6-7-1-2-8-3-4-11-9(8)5-7/h1-3,5,11H,6,10H2. The van der Waals surface area contributed by atoms with Crippen LogP contribution < -0.4 is 5.73 Å². The predicted molar refractivity (Wildman–Crippen MR) is 45.0 cm³/mol. The average molecular weight is 145 g/mol. The Hall–Kier alpha value is -1.28. The first-order valence-electron chi connectivity index (χ1n) is 3.58. The number of hydrogen-bond acceptors (Lipinski definition) is 1. The molecule has 0 saturated carbocycles. The summed E-state index contributed by atoms with van der Waals surface area (Å²) in [6, 6.07) is 8.05. The van der Waals surface area contributed by atoms with E-state index in [0.29, 0.717) is 6.54 Å². The van der Waals surface area contributed by atoms with E-state index >= 15 is 0 Å². The number of aromatic amines is 1. The van der Waals surface area contributed by atoms with E-state index in [2.05, 4.69) is 11.2 Å². The third kappa shape index (κ3) is 1.01. The van der Waals surface area contributed by atoms with E-state index in [1.54, 1.807) is 0 Å². The summed E-state index contributed by atoms with van der Waals surface area (Å²) in [5.41, 5.74) is 7.74. The summed E-state index contributed by atoms with van der Waals surface area (Å²) < 4.78 is 0. The fraction of sp³-hybridized carbons (Fsp3) is 0.111. The third-order valence-corrected chi connectivity index (χ3v) is 1.79. The Morgan fingerprint density at radius 1 is 1.45 bits per heavy atom. The van der Waals surface area contributed by atoms with Gasteiger partial charge >= 0.3 is 0 Å². The molecule has 2 rings (SSSR count). The lowest BCUT2D eigenvalue weighted by Gasteiger charge is -1.94. The third-order valence-electron chi connectivity index (χ3n) is 1.79. The Balaban J connectivity index is 2.67. The summed E-state index contributed by atoms with van der Waals surface area (Å²) in [5.74, 6) is 0. The Bertz CT molecular complexity index is 362. The second-order valence-corrected chi connectivity index (χ2v) is 2.54. The number of rotatable bonds is 1. The van der Waals surface area contributed by atoms with Crippen molar-refractivity contribution in [3.63, 3.8) is 0 Å². The maximum absolute atomic E-state index is 5.49. The molecule has 0 atom stereocenters. The minimum Gasteiger partial charge on any atom is -0.353 e. The predicted octanol–water partition coefficient (Wildman–Crippen LogP) is 1.43. The molecule has 0 aliphatic carbocycles. The van der Waals surface area contributed by atoms with Gasteiger partial charge in [-0.05, 0) is 17.7 Å². The number of nitrogens with one attached hydrogen (secondary N) is 1. The van der Waals surface area contributed by atoms with Crippen molar-refractivity contribution >= 4 is 10.9 Å². The van der Waals surface area contributed by atoms with Gasteiger partial charge in [-0.3, -0.25) is 0 Å². The largest absolute Gasteiger partial charge is 0.353 e. The van der Waals surface area contributed by atoms with Crippen molar-refractivity contribution in [3.8, 4) is 0 Å². The molecule has 2 aromatic rings. The molecule has 0 unspecified atom stereocenters. The second kappa shape index (κ2) is 2.40. The molecular formula is C9H9N2. The van der Waals surface area contributed by atoms with Gasteiger partial charge in [0.15, 0.2) is 0 Å². The summed E-state index contributed by atoms with van der Waals surface area (Å²) in [6.07, 6.45) is 2.92. The molecule has 0 bridgehead atoms. The highest BCUT2D eigenvalue weighted by molar-refractivity contribution is 5.79. The average Bonchev–Trinajstić information content (AvgIpc) is 2.50. The highest BCUT2D eigenvalue weighted by atomic mass is 14.7. The molecule has 1 heterocycles. The second-order valence-electron chi connectivity index (χ2n) is 2.54. The highest BCUT2D eigenvalue weighted by Gasteiger charge is 1.94. The first-order chi connectivity index (χ1) is 5.40. The van der Waals surface area contributed by atoms with Gasteiger partial charge in [-0.1, -0.05) is 12.1 Å². The van der Waals surface area contributed by atoms with Gasteiger partial charge in [0, 0.05) is 17.4 Å². The van der Waals surface area contributed by atoms with Crippen LogP contribution in [0.15, 0.2) is 24.3 Å². The Kier molecular flexibility index (Phi) is 1.40. The zero-order valence-corrected chi connectivity index (χ0v) is 6.09. The monoisotopic (exact) mass is 145 g/mol.